The Hall–Kier alpha value is 0.410. The van der Waals surface area contributed by atoms with Gasteiger partial charge in [0.2, 0.25) is 0 Å². The minimum absolute atomic E-state index is 0. The van der Waals surface area contributed by atoms with Crippen LogP contribution in [-0.2, 0) is 4.79 Å². The van der Waals surface area contributed by atoms with E-state index >= 15 is 0 Å². The molecule has 0 aliphatic rings. The van der Waals surface area contributed by atoms with Crippen LogP contribution >= 0.6 is 0 Å². The number of hydrogen-bond donors (Lipinski definition) is 0. The first kappa shape index (κ1) is 9.05. The van der Waals surface area contributed by atoms with Crippen LogP contribution < -0.4 is 0 Å². The fourth-order valence-corrected chi connectivity index (χ4v) is 0. The Morgan fingerprint density at radius 2 is 1.80 bits per heavy atom. The second-order valence-corrected chi connectivity index (χ2v) is 0.372. The zero-order valence-electron chi connectivity index (χ0n) is 2.27. The number of carbonyl (C=O) groups excluding carboxylic acids is 1. The summed E-state index contributed by atoms with van der Waals surface area (Å²) in [4.78, 5) is 9.06. The van der Waals surface area contributed by atoms with Gasteiger partial charge in [0.15, 0.2) is 0 Å². The van der Waals surface area contributed by atoms with Gasteiger partial charge in [-0.15, -0.1) is 0 Å². The van der Waals surface area contributed by atoms with E-state index in [2.05, 4.69) is 6.58 Å². The molecule has 0 N–H and O–H groups in total. The molecule has 0 radical (unpaired) electrons. The number of carbonyl (C=O) groups is 1. The van der Waals surface area contributed by atoms with Gasteiger partial charge in [0, 0.05) is 0 Å². The van der Waals surface area contributed by atoms with Crippen molar-refractivity contribution in [3.05, 3.63) is 12.7 Å². The van der Waals surface area contributed by atoms with Gasteiger partial charge >= 0.3 is 29.6 Å². The molecule has 5 heavy (non-hydrogen) atoms. The molecule has 0 spiro atoms. The summed E-state index contributed by atoms with van der Waals surface area (Å²) in [6.07, 6.45) is 1.83. The molecule has 0 aromatic heterocycles. The fraction of sp³-hybridized carbons (Fsp3) is 0. The maximum absolute atomic E-state index is 9.06. The quantitative estimate of drug-likeness (QED) is 0.240. The molecular weight excluding hydrogens is 75.0 g/mol. The number of rotatable bonds is 1. The predicted molar refractivity (Wildman–Crippen MR) is 23.4 cm³/mol. The molecule has 0 aromatic rings. The summed E-state index contributed by atoms with van der Waals surface area (Å²) in [6, 6.07) is 0. The Morgan fingerprint density at radius 3 is 1.80 bits per heavy atom. The summed E-state index contributed by atoms with van der Waals surface area (Å²) in [5.41, 5.74) is 0. The third-order valence-corrected chi connectivity index (χ3v) is 0.0962. The zero-order valence-corrected chi connectivity index (χ0v) is 2.27. The Kier molecular flexibility index (Phi) is 16.0. The van der Waals surface area contributed by atoms with Crippen molar-refractivity contribution in [2.24, 2.45) is 0 Å². The van der Waals surface area contributed by atoms with E-state index < -0.39 is 0 Å². The van der Waals surface area contributed by atoms with E-state index in [-0.39, 0.29) is 29.6 Å². The van der Waals surface area contributed by atoms with Crippen molar-refractivity contribution in [2.45, 2.75) is 0 Å². The van der Waals surface area contributed by atoms with Crippen molar-refractivity contribution in [2.75, 3.05) is 0 Å². The molecule has 0 rings (SSSR count). The van der Waals surface area contributed by atoms with Gasteiger partial charge in [-0.25, -0.2) is 0 Å². The van der Waals surface area contributed by atoms with Crippen LogP contribution in [0, 0.1) is 0 Å². The van der Waals surface area contributed by atoms with E-state index in [4.69, 9.17) is 4.79 Å². The van der Waals surface area contributed by atoms with Gasteiger partial charge in [-0.3, -0.25) is 4.79 Å². The fourth-order valence-electron chi connectivity index (χ4n) is 0. The van der Waals surface area contributed by atoms with Crippen molar-refractivity contribution in [1.29, 1.82) is 0 Å². The van der Waals surface area contributed by atoms with E-state index in [0.29, 0.717) is 6.29 Å². The van der Waals surface area contributed by atoms with Crippen molar-refractivity contribution in [3.8, 4) is 0 Å². The number of allylic oxidation sites excluding steroid dienone is 1. The standard InChI is InChI=1S/C3H4O.Na.H/c1-2-3-4;;/h2-3H,1H2;;. The molecule has 0 amide bonds. The van der Waals surface area contributed by atoms with Crippen LogP contribution in [0.2, 0.25) is 0 Å². The van der Waals surface area contributed by atoms with Crippen LogP contribution in [0.5, 0.6) is 0 Å². The van der Waals surface area contributed by atoms with E-state index in [9.17, 15) is 0 Å². The van der Waals surface area contributed by atoms with Gasteiger partial charge < -0.3 is 0 Å². The molecule has 0 heterocycles. The summed E-state index contributed by atoms with van der Waals surface area (Å²) < 4.78 is 0. The topological polar surface area (TPSA) is 17.1 Å². The Labute approximate surface area is 53.4 Å². The predicted octanol–water partition coefficient (Wildman–Crippen LogP) is -0.277. The summed E-state index contributed by atoms with van der Waals surface area (Å²) in [6.45, 7) is 3.11. The summed E-state index contributed by atoms with van der Waals surface area (Å²) in [5.74, 6) is 0. The second kappa shape index (κ2) is 8.83. The maximum atomic E-state index is 9.06. The van der Waals surface area contributed by atoms with Crippen LogP contribution in [0.25, 0.3) is 0 Å². The van der Waals surface area contributed by atoms with Gasteiger partial charge in [-0.2, -0.15) is 0 Å². The number of aldehydes is 1. The van der Waals surface area contributed by atoms with Crippen molar-refractivity contribution >= 4 is 35.8 Å². The van der Waals surface area contributed by atoms with Crippen molar-refractivity contribution in [3.63, 3.8) is 0 Å². The molecule has 0 atom stereocenters. The molecule has 0 saturated heterocycles. The van der Waals surface area contributed by atoms with Gasteiger partial charge in [0.25, 0.3) is 0 Å². The van der Waals surface area contributed by atoms with Gasteiger partial charge in [0.1, 0.15) is 6.29 Å². The molecule has 0 aliphatic carbocycles. The third-order valence-electron chi connectivity index (χ3n) is 0.0962. The average molecular weight is 80.1 g/mol. The van der Waals surface area contributed by atoms with Crippen LogP contribution in [0.1, 0.15) is 0 Å². The molecule has 0 saturated carbocycles. The third kappa shape index (κ3) is 12.9. The van der Waals surface area contributed by atoms with Crippen molar-refractivity contribution < 1.29 is 4.79 Å². The Morgan fingerprint density at radius 1 is 1.60 bits per heavy atom. The molecular formula is C3H5NaO. The summed E-state index contributed by atoms with van der Waals surface area (Å²) in [5, 5.41) is 0. The SMILES string of the molecule is C=CC=O.[NaH]. The summed E-state index contributed by atoms with van der Waals surface area (Å²) >= 11 is 0. The van der Waals surface area contributed by atoms with E-state index in [0.717, 1.165) is 0 Å². The average Bonchev–Trinajstić information content (AvgIpc) is 1.37. The van der Waals surface area contributed by atoms with E-state index in [1.54, 1.807) is 0 Å². The normalized spacial score (nSPS) is 4.00. The Balaban J connectivity index is 0. The molecule has 0 fully saturated rings. The first-order chi connectivity index (χ1) is 1.91. The minimum atomic E-state index is 0. The molecule has 2 heteroatoms. The van der Waals surface area contributed by atoms with Gasteiger partial charge in [-0.05, 0) is 6.08 Å². The van der Waals surface area contributed by atoms with Gasteiger partial charge in [0.05, 0.1) is 0 Å². The molecule has 1 nitrogen and oxygen atoms in total. The van der Waals surface area contributed by atoms with Crippen LogP contribution in [0.15, 0.2) is 12.7 Å². The van der Waals surface area contributed by atoms with Crippen molar-refractivity contribution in [1.82, 2.24) is 0 Å². The first-order valence-electron chi connectivity index (χ1n) is 0.977. The monoisotopic (exact) mass is 80.0 g/mol. The molecule has 0 aliphatic heterocycles. The molecule has 0 unspecified atom stereocenters. The molecule has 24 valence electrons. The zero-order chi connectivity index (χ0) is 3.41. The Bertz CT molecular complexity index is 27.9. The molecule has 0 aromatic carbocycles. The van der Waals surface area contributed by atoms with Crippen LogP contribution in [-0.4, -0.2) is 35.8 Å². The molecule has 0 bridgehead atoms. The van der Waals surface area contributed by atoms with E-state index in [1.165, 1.54) is 6.08 Å². The number of hydrogen-bond acceptors (Lipinski definition) is 1. The van der Waals surface area contributed by atoms with Crippen LogP contribution in [0.3, 0.4) is 0 Å². The van der Waals surface area contributed by atoms with Crippen LogP contribution in [0.4, 0.5) is 0 Å². The second-order valence-electron chi connectivity index (χ2n) is 0.372. The summed E-state index contributed by atoms with van der Waals surface area (Å²) in [7, 11) is 0. The van der Waals surface area contributed by atoms with Gasteiger partial charge in [-0.1, -0.05) is 6.58 Å². The van der Waals surface area contributed by atoms with E-state index in [1.807, 2.05) is 0 Å². The first-order valence-corrected chi connectivity index (χ1v) is 0.977.